The van der Waals surface area contributed by atoms with Crippen molar-refractivity contribution in [1.82, 2.24) is 20.3 Å². The van der Waals surface area contributed by atoms with E-state index in [1.165, 1.54) is 0 Å². The zero-order valence-electron chi connectivity index (χ0n) is 20.9. The van der Waals surface area contributed by atoms with E-state index in [0.717, 1.165) is 16.6 Å². The van der Waals surface area contributed by atoms with Gasteiger partial charge in [-0.25, -0.2) is 14.8 Å². The molecule has 39 heavy (non-hydrogen) atoms. The van der Waals surface area contributed by atoms with Crippen LogP contribution in [0, 0.1) is 0 Å². The number of nitrogens with one attached hydrogen (secondary N) is 3. The fraction of sp³-hybridized carbons (Fsp3) is 0.179. The first-order chi connectivity index (χ1) is 18.9. The Hall–Kier alpha value is -4.51. The van der Waals surface area contributed by atoms with Gasteiger partial charge in [-0.1, -0.05) is 15.9 Å². The number of amides is 2. The molecule has 0 saturated carbocycles. The summed E-state index contributed by atoms with van der Waals surface area (Å²) in [6.07, 6.45) is 2.36. The Morgan fingerprint density at radius 2 is 1.90 bits per heavy atom. The standard InChI is InChI=1S/C28H24BrN5O5/c1-2-38-28(37)16-3-6-18(7-4-16)32-25(35)15-39-24-8-5-17(29)13-20(24)26-30-11-10-22(34-26)23-14-19-21(33-23)9-12-31-27(19)36/h3-8,10-11,13-14,33H,2,9,12,15H2,1H3,(H,31,36)(H,32,35). The van der Waals surface area contributed by atoms with Crippen LogP contribution in [0.25, 0.3) is 22.8 Å². The monoisotopic (exact) mass is 589 g/mol. The van der Waals surface area contributed by atoms with E-state index in [-0.39, 0.29) is 25.0 Å². The van der Waals surface area contributed by atoms with Crippen molar-refractivity contribution < 1.29 is 23.9 Å². The van der Waals surface area contributed by atoms with Crippen molar-refractivity contribution in [2.24, 2.45) is 0 Å². The largest absolute Gasteiger partial charge is 0.483 e. The van der Waals surface area contributed by atoms with E-state index < -0.39 is 5.97 Å². The second-order valence-corrected chi connectivity index (χ2v) is 9.54. The average molecular weight is 590 g/mol. The smallest absolute Gasteiger partial charge is 0.338 e. The van der Waals surface area contributed by atoms with Gasteiger partial charge in [-0.3, -0.25) is 9.59 Å². The molecule has 3 N–H and O–H groups in total. The number of H-pyrrole nitrogens is 1. The summed E-state index contributed by atoms with van der Waals surface area (Å²) in [6, 6.07) is 15.3. The number of aromatic amines is 1. The molecule has 4 aromatic rings. The molecule has 0 aliphatic carbocycles. The second kappa shape index (κ2) is 11.5. The molecule has 10 nitrogen and oxygen atoms in total. The highest BCUT2D eigenvalue weighted by atomic mass is 79.9. The number of esters is 1. The van der Waals surface area contributed by atoms with E-state index in [1.807, 2.05) is 6.07 Å². The number of halogens is 1. The number of fused-ring (bicyclic) bond motifs is 1. The van der Waals surface area contributed by atoms with Crippen LogP contribution in [0.2, 0.25) is 0 Å². The van der Waals surface area contributed by atoms with E-state index in [1.54, 1.807) is 61.7 Å². The molecule has 198 valence electrons. The zero-order valence-corrected chi connectivity index (χ0v) is 22.5. The fourth-order valence-corrected chi connectivity index (χ4v) is 4.48. The van der Waals surface area contributed by atoms with E-state index in [0.29, 0.717) is 51.9 Å². The van der Waals surface area contributed by atoms with Crippen molar-refractivity contribution in [2.45, 2.75) is 13.3 Å². The average Bonchev–Trinajstić information content (AvgIpc) is 3.39. The van der Waals surface area contributed by atoms with Gasteiger partial charge in [0.25, 0.3) is 11.8 Å². The highest BCUT2D eigenvalue weighted by Crippen LogP contribution is 2.32. The minimum atomic E-state index is -0.422. The number of anilines is 1. The lowest BCUT2D eigenvalue weighted by atomic mass is 10.1. The van der Waals surface area contributed by atoms with Crippen LogP contribution >= 0.6 is 15.9 Å². The van der Waals surface area contributed by atoms with Crippen LogP contribution in [0.4, 0.5) is 5.69 Å². The molecule has 2 aromatic heterocycles. The molecule has 0 radical (unpaired) electrons. The summed E-state index contributed by atoms with van der Waals surface area (Å²) < 4.78 is 11.6. The molecule has 1 aliphatic rings. The molecule has 11 heteroatoms. The number of nitrogens with zero attached hydrogens (tertiary/aromatic N) is 2. The van der Waals surface area contributed by atoms with Gasteiger partial charge in [0.1, 0.15) is 5.75 Å². The zero-order chi connectivity index (χ0) is 27.4. The van der Waals surface area contributed by atoms with Crippen molar-refractivity contribution in [1.29, 1.82) is 0 Å². The molecule has 5 rings (SSSR count). The SMILES string of the molecule is CCOC(=O)c1ccc(NC(=O)COc2ccc(Br)cc2-c2nccc(-c3cc4c([nH]3)CCNC4=O)n2)cc1. The Bertz CT molecular complexity index is 1550. The third-order valence-electron chi connectivity index (χ3n) is 5.96. The van der Waals surface area contributed by atoms with E-state index >= 15 is 0 Å². The van der Waals surface area contributed by atoms with Gasteiger partial charge in [-0.2, -0.15) is 0 Å². The van der Waals surface area contributed by atoms with Crippen LogP contribution in [0.1, 0.15) is 33.3 Å². The van der Waals surface area contributed by atoms with Crippen molar-refractivity contribution in [3.05, 3.63) is 82.1 Å². The molecular weight excluding hydrogens is 566 g/mol. The lowest BCUT2D eigenvalue weighted by Gasteiger charge is -2.12. The molecule has 1 aliphatic heterocycles. The third-order valence-corrected chi connectivity index (χ3v) is 6.45. The summed E-state index contributed by atoms with van der Waals surface area (Å²) in [6.45, 7) is 2.36. The van der Waals surface area contributed by atoms with Gasteiger partial charge in [-0.05, 0) is 61.5 Å². The molecule has 2 amide bonds. The number of aromatic nitrogens is 3. The van der Waals surface area contributed by atoms with Gasteiger partial charge in [-0.15, -0.1) is 0 Å². The maximum atomic E-state index is 12.6. The first kappa shape index (κ1) is 26.1. The van der Waals surface area contributed by atoms with Crippen LogP contribution in [0.15, 0.2) is 65.3 Å². The predicted octanol–water partition coefficient (Wildman–Crippen LogP) is 4.38. The van der Waals surface area contributed by atoms with Crippen molar-refractivity contribution in [3.63, 3.8) is 0 Å². The number of rotatable bonds is 8. The molecule has 0 unspecified atom stereocenters. The summed E-state index contributed by atoms with van der Waals surface area (Å²) in [7, 11) is 0. The van der Waals surface area contributed by atoms with E-state index in [4.69, 9.17) is 14.5 Å². The van der Waals surface area contributed by atoms with Gasteiger partial charge in [0.15, 0.2) is 12.4 Å². The summed E-state index contributed by atoms with van der Waals surface area (Å²) >= 11 is 3.48. The predicted molar refractivity (Wildman–Crippen MR) is 148 cm³/mol. The Balaban J connectivity index is 1.31. The van der Waals surface area contributed by atoms with Crippen molar-refractivity contribution in [3.8, 4) is 28.5 Å². The Labute approximate surface area is 232 Å². The highest BCUT2D eigenvalue weighted by Gasteiger charge is 2.21. The molecule has 3 heterocycles. The molecule has 0 atom stereocenters. The summed E-state index contributed by atoms with van der Waals surface area (Å²) in [5.74, 6) is -0.0835. The minimum absolute atomic E-state index is 0.107. The van der Waals surface area contributed by atoms with Crippen molar-refractivity contribution in [2.75, 3.05) is 25.1 Å². The molecule has 0 fully saturated rings. The van der Waals surface area contributed by atoms with Gasteiger partial charge in [0.05, 0.1) is 34.7 Å². The fourth-order valence-electron chi connectivity index (χ4n) is 4.12. The quantitative estimate of drug-likeness (QED) is 0.259. The lowest BCUT2D eigenvalue weighted by molar-refractivity contribution is -0.118. The second-order valence-electron chi connectivity index (χ2n) is 8.62. The van der Waals surface area contributed by atoms with Crippen molar-refractivity contribution >= 4 is 39.4 Å². The van der Waals surface area contributed by atoms with E-state index in [2.05, 4.69) is 36.5 Å². The topological polar surface area (TPSA) is 135 Å². The minimum Gasteiger partial charge on any atom is -0.483 e. The van der Waals surface area contributed by atoms with E-state index in [9.17, 15) is 14.4 Å². The summed E-state index contributed by atoms with van der Waals surface area (Å²) in [4.78, 5) is 49.0. The Kier molecular flexibility index (Phi) is 7.69. The number of hydrogen-bond donors (Lipinski definition) is 3. The van der Waals surface area contributed by atoms with Crippen LogP contribution in [0.5, 0.6) is 5.75 Å². The highest BCUT2D eigenvalue weighted by molar-refractivity contribution is 9.10. The maximum Gasteiger partial charge on any atom is 0.338 e. The number of hydrogen-bond acceptors (Lipinski definition) is 7. The summed E-state index contributed by atoms with van der Waals surface area (Å²) in [5, 5.41) is 5.58. The lowest BCUT2D eigenvalue weighted by Crippen LogP contribution is -2.31. The first-order valence-corrected chi connectivity index (χ1v) is 13.0. The first-order valence-electron chi connectivity index (χ1n) is 12.2. The maximum absolute atomic E-state index is 12.6. The summed E-state index contributed by atoms with van der Waals surface area (Å²) in [5.41, 5.74) is 4.34. The molecule has 0 saturated heterocycles. The number of carbonyl (C=O) groups is 3. The molecular formula is C28H24BrN5O5. The molecule has 0 bridgehead atoms. The van der Waals surface area contributed by atoms with Crippen LogP contribution in [0.3, 0.4) is 0 Å². The Morgan fingerprint density at radius 3 is 2.67 bits per heavy atom. The number of benzene rings is 2. The normalized spacial score (nSPS) is 12.3. The van der Waals surface area contributed by atoms with Crippen LogP contribution < -0.4 is 15.4 Å². The molecule has 2 aromatic carbocycles. The molecule has 0 spiro atoms. The van der Waals surface area contributed by atoms with Crippen LogP contribution in [-0.4, -0.2) is 52.5 Å². The van der Waals surface area contributed by atoms with Gasteiger partial charge in [0.2, 0.25) is 0 Å². The number of ether oxygens (including phenoxy) is 2. The van der Waals surface area contributed by atoms with Gasteiger partial charge < -0.3 is 25.1 Å². The number of carbonyl (C=O) groups excluding carboxylic acids is 3. The third kappa shape index (κ3) is 5.99. The van der Waals surface area contributed by atoms with Crippen LogP contribution in [-0.2, 0) is 16.0 Å². The van der Waals surface area contributed by atoms with Gasteiger partial charge in [0, 0.05) is 35.0 Å². The Morgan fingerprint density at radius 1 is 1.08 bits per heavy atom. The van der Waals surface area contributed by atoms with Gasteiger partial charge >= 0.3 is 5.97 Å².